The molecule has 9 heteroatoms. The van der Waals surface area contributed by atoms with E-state index in [4.69, 9.17) is 10.5 Å². The summed E-state index contributed by atoms with van der Waals surface area (Å²) in [6.07, 6.45) is 2.69. The lowest BCUT2D eigenvalue weighted by Crippen LogP contribution is -2.30. The highest BCUT2D eigenvalue weighted by Crippen LogP contribution is 2.31. The minimum absolute atomic E-state index is 0. The molecule has 1 aliphatic rings. The van der Waals surface area contributed by atoms with E-state index < -0.39 is 18.2 Å². The van der Waals surface area contributed by atoms with Crippen molar-refractivity contribution in [3.63, 3.8) is 0 Å². The molecule has 2 heterocycles. The first-order chi connectivity index (χ1) is 9.63. The van der Waals surface area contributed by atoms with Crippen LogP contribution in [0.1, 0.15) is 6.04 Å². The third-order valence-electron chi connectivity index (χ3n) is 3.46. The number of ether oxygens (including phenoxy) is 1. The van der Waals surface area contributed by atoms with Crippen molar-refractivity contribution in [2.75, 3.05) is 19.5 Å². The van der Waals surface area contributed by atoms with E-state index >= 15 is 0 Å². The largest absolute Gasteiger partial charge is 0.388 e. The highest BCUT2D eigenvalue weighted by Gasteiger charge is 2.36. The van der Waals surface area contributed by atoms with Crippen LogP contribution >= 0.6 is 12.4 Å². The van der Waals surface area contributed by atoms with Crippen LogP contribution in [0.5, 0.6) is 0 Å². The molecule has 0 fully saturated rings. The van der Waals surface area contributed by atoms with Gasteiger partial charge in [-0.25, -0.2) is 15.0 Å². The summed E-state index contributed by atoms with van der Waals surface area (Å²) in [5, 5.41) is 20.2. The van der Waals surface area contributed by atoms with Crippen molar-refractivity contribution in [3.8, 4) is 0 Å². The molecule has 3 atom stereocenters. The molecule has 2 aromatic rings. The lowest BCUT2D eigenvalue weighted by molar-refractivity contribution is 0.0270. The topological polar surface area (TPSA) is 119 Å². The number of nitrogen functional groups attached to an aromatic ring is 1. The fraction of sp³-hybridized carbons (Fsp3) is 0.417. The molecule has 21 heavy (non-hydrogen) atoms. The van der Waals surface area contributed by atoms with Gasteiger partial charge >= 0.3 is 0 Å². The zero-order chi connectivity index (χ0) is 14.3. The molecular weight excluding hydrogens is 298 g/mol. The molecule has 3 rings (SSSR count). The summed E-state index contributed by atoms with van der Waals surface area (Å²) in [6, 6.07) is -0.463. The number of aliphatic hydroxyl groups is 2. The van der Waals surface area contributed by atoms with Gasteiger partial charge in [-0.2, -0.15) is 0 Å². The fourth-order valence-corrected chi connectivity index (χ4v) is 2.46. The number of hydrogen-bond donors (Lipinski definition) is 3. The van der Waals surface area contributed by atoms with Crippen molar-refractivity contribution in [2.24, 2.45) is 0 Å². The number of nitrogens with two attached hydrogens (primary N) is 1. The van der Waals surface area contributed by atoms with E-state index in [0.717, 1.165) is 0 Å². The Morgan fingerprint density at radius 3 is 2.81 bits per heavy atom. The molecule has 0 aliphatic heterocycles. The van der Waals surface area contributed by atoms with E-state index in [-0.39, 0.29) is 24.8 Å². The Hall–Kier alpha value is -1.74. The number of aliphatic hydroxyl groups excluding tert-OH is 2. The van der Waals surface area contributed by atoms with Gasteiger partial charge in [-0.3, -0.25) is 0 Å². The van der Waals surface area contributed by atoms with Gasteiger partial charge in [0.15, 0.2) is 11.5 Å². The molecule has 1 aliphatic carbocycles. The van der Waals surface area contributed by atoms with Crippen LogP contribution in [0.15, 0.2) is 24.3 Å². The summed E-state index contributed by atoms with van der Waals surface area (Å²) in [7, 11) is 1.54. The molecule has 2 aromatic heterocycles. The SMILES string of the molecule is COCC1=C[C@@H](n2cnc3c(N)ncnc32)[C@H](O)[C@@H]1O.Cl. The van der Waals surface area contributed by atoms with Gasteiger partial charge in [-0.05, 0) is 5.57 Å². The number of methoxy groups -OCH3 is 1. The van der Waals surface area contributed by atoms with Crippen LogP contribution in [0.2, 0.25) is 0 Å². The van der Waals surface area contributed by atoms with E-state index in [1.807, 2.05) is 0 Å². The number of imidazole rings is 1. The molecule has 0 radical (unpaired) electrons. The second-order valence-corrected chi connectivity index (χ2v) is 4.68. The zero-order valence-electron chi connectivity index (χ0n) is 11.2. The average Bonchev–Trinajstić information content (AvgIpc) is 2.97. The van der Waals surface area contributed by atoms with Crippen LogP contribution in [0.3, 0.4) is 0 Å². The highest BCUT2D eigenvalue weighted by atomic mass is 35.5. The van der Waals surface area contributed by atoms with E-state index in [9.17, 15) is 10.2 Å². The lowest BCUT2D eigenvalue weighted by Gasteiger charge is -2.18. The Kier molecular flexibility index (Phi) is 4.43. The van der Waals surface area contributed by atoms with Crippen LogP contribution in [-0.4, -0.2) is 55.7 Å². The molecule has 0 saturated carbocycles. The van der Waals surface area contributed by atoms with Crippen LogP contribution in [-0.2, 0) is 4.74 Å². The predicted molar refractivity (Wildman–Crippen MR) is 78.0 cm³/mol. The summed E-state index contributed by atoms with van der Waals surface area (Å²) in [5.41, 5.74) is 7.36. The van der Waals surface area contributed by atoms with Gasteiger partial charge in [0.1, 0.15) is 24.1 Å². The molecule has 0 saturated heterocycles. The van der Waals surface area contributed by atoms with E-state index in [1.165, 1.54) is 19.8 Å². The summed E-state index contributed by atoms with van der Waals surface area (Å²) in [6.45, 7) is 0.262. The molecule has 4 N–H and O–H groups in total. The van der Waals surface area contributed by atoms with Gasteiger partial charge < -0.3 is 25.3 Å². The second kappa shape index (κ2) is 5.94. The number of hydrogen-bond acceptors (Lipinski definition) is 7. The van der Waals surface area contributed by atoms with Crippen LogP contribution < -0.4 is 5.73 Å². The van der Waals surface area contributed by atoms with Crippen molar-refractivity contribution < 1.29 is 14.9 Å². The van der Waals surface area contributed by atoms with Gasteiger partial charge in [0.05, 0.1) is 19.0 Å². The average molecular weight is 314 g/mol. The first-order valence-corrected chi connectivity index (χ1v) is 6.12. The number of fused-ring (bicyclic) bond motifs is 1. The van der Waals surface area contributed by atoms with Crippen molar-refractivity contribution in [1.82, 2.24) is 19.5 Å². The van der Waals surface area contributed by atoms with Gasteiger partial charge in [-0.15, -0.1) is 12.4 Å². The summed E-state index contributed by atoms with van der Waals surface area (Å²) >= 11 is 0. The number of anilines is 1. The number of nitrogens with zero attached hydrogens (tertiary/aromatic N) is 4. The van der Waals surface area contributed by atoms with Crippen molar-refractivity contribution in [1.29, 1.82) is 0 Å². The molecular formula is C12H16ClN5O3. The Balaban J connectivity index is 0.00000161. The monoisotopic (exact) mass is 313 g/mol. The number of rotatable bonds is 3. The predicted octanol–water partition coefficient (Wildman–Crippen LogP) is -0.320. The quantitative estimate of drug-likeness (QED) is 0.664. The maximum atomic E-state index is 10.2. The van der Waals surface area contributed by atoms with Crippen molar-refractivity contribution in [2.45, 2.75) is 18.2 Å². The number of aromatic nitrogens is 4. The first kappa shape index (κ1) is 15.6. The van der Waals surface area contributed by atoms with E-state index in [2.05, 4.69) is 15.0 Å². The third-order valence-corrected chi connectivity index (χ3v) is 3.46. The zero-order valence-corrected chi connectivity index (χ0v) is 12.1. The van der Waals surface area contributed by atoms with Gasteiger partial charge in [0.25, 0.3) is 0 Å². The van der Waals surface area contributed by atoms with Crippen molar-refractivity contribution >= 4 is 29.4 Å². The van der Waals surface area contributed by atoms with Crippen molar-refractivity contribution in [3.05, 3.63) is 24.3 Å². The standard InChI is InChI=1S/C12H15N5O3.ClH/c1-20-3-6-2-7(10(19)9(6)18)17-5-16-8-11(13)14-4-15-12(8)17;/h2,4-5,7,9-10,18-19H,3H2,1H3,(H2,13,14,15);1H/t7-,9-,10+;/m1./s1. The number of halogens is 1. The summed E-state index contributed by atoms with van der Waals surface area (Å²) < 4.78 is 6.68. The highest BCUT2D eigenvalue weighted by molar-refractivity contribution is 5.85. The van der Waals surface area contributed by atoms with Crippen LogP contribution in [0.4, 0.5) is 5.82 Å². The van der Waals surface area contributed by atoms with Gasteiger partial charge in [0, 0.05) is 7.11 Å². The van der Waals surface area contributed by atoms with Crippen LogP contribution in [0.25, 0.3) is 11.2 Å². The van der Waals surface area contributed by atoms with Gasteiger partial charge in [-0.1, -0.05) is 6.08 Å². The lowest BCUT2D eigenvalue weighted by atomic mass is 10.1. The van der Waals surface area contributed by atoms with E-state index in [0.29, 0.717) is 16.7 Å². The maximum Gasteiger partial charge on any atom is 0.166 e. The minimum atomic E-state index is -0.978. The van der Waals surface area contributed by atoms with Crippen LogP contribution in [0, 0.1) is 0 Å². The Morgan fingerprint density at radius 2 is 2.10 bits per heavy atom. The minimum Gasteiger partial charge on any atom is -0.388 e. The summed E-state index contributed by atoms with van der Waals surface area (Å²) in [4.78, 5) is 12.2. The Labute approximate surface area is 126 Å². The normalized spacial score (nSPS) is 24.9. The second-order valence-electron chi connectivity index (χ2n) is 4.68. The summed E-state index contributed by atoms with van der Waals surface area (Å²) in [5.74, 6) is 0.280. The molecule has 114 valence electrons. The first-order valence-electron chi connectivity index (χ1n) is 6.12. The molecule has 8 nitrogen and oxygen atoms in total. The molecule has 0 amide bonds. The molecule has 0 bridgehead atoms. The van der Waals surface area contributed by atoms with Gasteiger partial charge in [0.2, 0.25) is 0 Å². The van der Waals surface area contributed by atoms with E-state index in [1.54, 1.807) is 10.6 Å². The molecule has 0 unspecified atom stereocenters. The molecule has 0 aromatic carbocycles. The fourth-order valence-electron chi connectivity index (χ4n) is 2.46. The smallest absolute Gasteiger partial charge is 0.166 e. The third kappa shape index (κ3) is 2.46. The Bertz CT molecular complexity index is 674. The Morgan fingerprint density at radius 1 is 1.33 bits per heavy atom. The maximum absolute atomic E-state index is 10.2. The molecule has 0 spiro atoms.